The third-order valence-electron chi connectivity index (χ3n) is 3.01. The molecule has 0 spiro atoms. The highest BCUT2D eigenvalue weighted by atomic mass is 79.9. The van der Waals surface area contributed by atoms with Gasteiger partial charge in [0.2, 0.25) is 0 Å². The molecular weight excluding hydrogens is 398 g/mol. The quantitative estimate of drug-likeness (QED) is 0.563. The molecule has 2 nitrogen and oxygen atoms in total. The Morgan fingerprint density at radius 2 is 1.52 bits per heavy atom. The van der Waals surface area contributed by atoms with Gasteiger partial charge in [0.05, 0.1) is 24.1 Å². The smallest absolute Gasteiger partial charge is 0.138 e. The standard InChI is InChI=1S/C15H12BrCl3O2/c1-20-13-5-8(17)3-4-9(13)15(16)10-6-12(19)14(21-2)7-11(10)18/h3-7,15H,1-2H3. The third kappa shape index (κ3) is 3.59. The van der Waals surface area contributed by atoms with Crippen LogP contribution in [0.5, 0.6) is 11.5 Å². The summed E-state index contributed by atoms with van der Waals surface area (Å²) in [7, 11) is 3.14. The van der Waals surface area contributed by atoms with Crippen molar-refractivity contribution >= 4 is 50.7 Å². The highest BCUT2D eigenvalue weighted by Gasteiger charge is 2.20. The van der Waals surface area contributed by atoms with Crippen LogP contribution in [0.25, 0.3) is 0 Å². The van der Waals surface area contributed by atoms with Crippen molar-refractivity contribution in [3.05, 3.63) is 56.5 Å². The summed E-state index contributed by atoms with van der Waals surface area (Å²) in [6.07, 6.45) is 0. The first-order chi connectivity index (χ1) is 9.97. The van der Waals surface area contributed by atoms with Crippen LogP contribution in [0.2, 0.25) is 15.1 Å². The van der Waals surface area contributed by atoms with Gasteiger partial charge in [0.1, 0.15) is 11.5 Å². The molecule has 0 aliphatic carbocycles. The maximum absolute atomic E-state index is 6.32. The molecule has 0 radical (unpaired) electrons. The van der Waals surface area contributed by atoms with E-state index in [1.54, 1.807) is 38.5 Å². The summed E-state index contributed by atoms with van der Waals surface area (Å²) in [6.45, 7) is 0. The molecule has 0 heterocycles. The SMILES string of the molecule is COc1cc(Cl)c(C(Br)c2ccc(Cl)cc2OC)cc1Cl. The molecule has 2 rings (SSSR count). The van der Waals surface area contributed by atoms with Crippen molar-refractivity contribution in [2.24, 2.45) is 0 Å². The summed E-state index contributed by atoms with van der Waals surface area (Å²) in [4.78, 5) is -0.180. The van der Waals surface area contributed by atoms with Gasteiger partial charge in [-0.1, -0.05) is 56.8 Å². The number of benzene rings is 2. The molecule has 0 N–H and O–H groups in total. The molecule has 1 unspecified atom stereocenters. The first-order valence-corrected chi connectivity index (χ1v) is 8.03. The second kappa shape index (κ2) is 7.10. The van der Waals surface area contributed by atoms with Crippen LogP contribution in [0.1, 0.15) is 16.0 Å². The first kappa shape index (κ1) is 16.8. The van der Waals surface area contributed by atoms with E-state index >= 15 is 0 Å². The van der Waals surface area contributed by atoms with Crippen LogP contribution < -0.4 is 9.47 Å². The van der Waals surface area contributed by atoms with Crippen LogP contribution in [0.4, 0.5) is 0 Å². The lowest BCUT2D eigenvalue weighted by atomic mass is 10.0. The van der Waals surface area contributed by atoms with E-state index in [0.29, 0.717) is 26.6 Å². The van der Waals surface area contributed by atoms with Crippen molar-refractivity contribution in [2.75, 3.05) is 14.2 Å². The molecule has 0 saturated carbocycles. The van der Waals surface area contributed by atoms with Gasteiger partial charge in [-0.2, -0.15) is 0 Å². The second-order valence-electron chi connectivity index (χ2n) is 4.26. The van der Waals surface area contributed by atoms with E-state index in [-0.39, 0.29) is 4.83 Å². The van der Waals surface area contributed by atoms with Crippen molar-refractivity contribution in [1.82, 2.24) is 0 Å². The maximum atomic E-state index is 6.32. The predicted octanol–water partition coefficient (Wildman–Crippen LogP) is 6.15. The molecule has 6 heteroatoms. The molecule has 112 valence electrons. The predicted molar refractivity (Wildman–Crippen MR) is 91.8 cm³/mol. The number of hydrogen-bond acceptors (Lipinski definition) is 2. The van der Waals surface area contributed by atoms with Crippen LogP contribution >= 0.6 is 50.7 Å². The second-order valence-corrected chi connectivity index (χ2v) is 6.42. The van der Waals surface area contributed by atoms with Crippen molar-refractivity contribution in [3.8, 4) is 11.5 Å². The summed E-state index contributed by atoms with van der Waals surface area (Å²) in [5.74, 6) is 1.21. The minimum absolute atomic E-state index is 0.180. The lowest BCUT2D eigenvalue weighted by molar-refractivity contribution is 0.410. The Hall–Kier alpha value is -0.610. The van der Waals surface area contributed by atoms with Crippen LogP contribution in [0, 0.1) is 0 Å². The van der Waals surface area contributed by atoms with E-state index < -0.39 is 0 Å². The molecule has 0 saturated heterocycles. The molecule has 0 fully saturated rings. The fourth-order valence-corrected chi connectivity index (χ4v) is 3.52. The van der Waals surface area contributed by atoms with Crippen molar-refractivity contribution in [2.45, 2.75) is 4.83 Å². The molecule has 0 bridgehead atoms. The van der Waals surface area contributed by atoms with E-state index in [1.165, 1.54) is 0 Å². The zero-order valence-corrected chi connectivity index (χ0v) is 15.1. The number of alkyl halides is 1. The van der Waals surface area contributed by atoms with Crippen LogP contribution in [0.15, 0.2) is 30.3 Å². The van der Waals surface area contributed by atoms with E-state index in [0.717, 1.165) is 11.1 Å². The molecule has 1 atom stereocenters. The first-order valence-electron chi connectivity index (χ1n) is 5.98. The zero-order chi connectivity index (χ0) is 15.6. The zero-order valence-electron chi connectivity index (χ0n) is 11.3. The summed E-state index contributed by atoms with van der Waals surface area (Å²) in [5, 5.41) is 1.65. The molecule has 21 heavy (non-hydrogen) atoms. The number of halogens is 4. The van der Waals surface area contributed by atoms with Crippen LogP contribution in [0.3, 0.4) is 0 Å². The molecule has 0 aromatic heterocycles. The van der Waals surface area contributed by atoms with E-state index in [4.69, 9.17) is 44.3 Å². The van der Waals surface area contributed by atoms with E-state index in [2.05, 4.69) is 15.9 Å². The number of rotatable bonds is 4. The van der Waals surface area contributed by atoms with Crippen LogP contribution in [-0.2, 0) is 0 Å². The monoisotopic (exact) mass is 408 g/mol. The Balaban J connectivity index is 2.50. The van der Waals surface area contributed by atoms with Gasteiger partial charge < -0.3 is 9.47 Å². The van der Waals surface area contributed by atoms with Crippen molar-refractivity contribution in [3.63, 3.8) is 0 Å². The highest BCUT2D eigenvalue weighted by molar-refractivity contribution is 9.09. The Kier molecular flexibility index (Phi) is 5.67. The fourth-order valence-electron chi connectivity index (χ4n) is 1.96. The van der Waals surface area contributed by atoms with Gasteiger partial charge in [-0.15, -0.1) is 0 Å². The molecule has 2 aromatic rings. The third-order valence-corrected chi connectivity index (χ3v) is 4.86. The highest BCUT2D eigenvalue weighted by Crippen LogP contribution is 2.43. The normalized spacial score (nSPS) is 12.1. The Morgan fingerprint density at radius 1 is 0.857 bits per heavy atom. The summed E-state index contributed by atoms with van der Waals surface area (Å²) in [6, 6.07) is 8.90. The van der Waals surface area contributed by atoms with Gasteiger partial charge in [0, 0.05) is 21.7 Å². The number of hydrogen-bond donors (Lipinski definition) is 0. The molecule has 2 aromatic carbocycles. The molecular formula is C15H12BrCl3O2. The maximum Gasteiger partial charge on any atom is 0.138 e. The molecule has 0 aliphatic rings. The van der Waals surface area contributed by atoms with E-state index in [1.807, 2.05) is 6.07 Å². The van der Waals surface area contributed by atoms with Gasteiger partial charge in [-0.25, -0.2) is 0 Å². The van der Waals surface area contributed by atoms with Gasteiger partial charge in [-0.3, -0.25) is 0 Å². The Labute approximate surface area is 147 Å². The van der Waals surface area contributed by atoms with Crippen molar-refractivity contribution in [1.29, 1.82) is 0 Å². The van der Waals surface area contributed by atoms with Gasteiger partial charge >= 0.3 is 0 Å². The lowest BCUT2D eigenvalue weighted by Gasteiger charge is -2.17. The topological polar surface area (TPSA) is 18.5 Å². The average molecular weight is 411 g/mol. The largest absolute Gasteiger partial charge is 0.496 e. The molecule has 0 amide bonds. The van der Waals surface area contributed by atoms with Gasteiger partial charge in [0.15, 0.2) is 0 Å². The minimum atomic E-state index is -0.180. The summed E-state index contributed by atoms with van der Waals surface area (Å²) >= 11 is 22.1. The van der Waals surface area contributed by atoms with Crippen molar-refractivity contribution < 1.29 is 9.47 Å². The van der Waals surface area contributed by atoms with E-state index in [9.17, 15) is 0 Å². The number of methoxy groups -OCH3 is 2. The van der Waals surface area contributed by atoms with Crippen LogP contribution in [-0.4, -0.2) is 14.2 Å². The molecule has 0 aliphatic heterocycles. The Morgan fingerprint density at radius 3 is 2.14 bits per heavy atom. The Bertz CT molecular complexity index is 662. The fraction of sp³-hybridized carbons (Fsp3) is 0.200. The number of ether oxygens (including phenoxy) is 2. The minimum Gasteiger partial charge on any atom is -0.496 e. The lowest BCUT2D eigenvalue weighted by Crippen LogP contribution is -1.99. The summed E-state index contributed by atoms with van der Waals surface area (Å²) < 4.78 is 10.5. The van der Waals surface area contributed by atoms with Gasteiger partial charge in [0.25, 0.3) is 0 Å². The van der Waals surface area contributed by atoms with Gasteiger partial charge in [-0.05, 0) is 23.8 Å². The summed E-state index contributed by atoms with van der Waals surface area (Å²) in [5.41, 5.74) is 1.73. The average Bonchev–Trinajstić information content (AvgIpc) is 2.48.